The molecular weight excluding hydrogens is 278 g/mol. The van der Waals surface area contributed by atoms with E-state index in [4.69, 9.17) is 25.5 Å². The van der Waals surface area contributed by atoms with Crippen LogP contribution in [0.3, 0.4) is 0 Å². The van der Waals surface area contributed by atoms with E-state index in [1.807, 2.05) is 13.1 Å². The highest BCUT2D eigenvalue weighted by molar-refractivity contribution is 6.29. The second kappa shape index (κ2) is 6.06. The highest BCUT2D eigenvalue weighted by Crippen LogP contribution is 2.42. The molecule has 2 aliphatic rings. The molecule has 2 unspecified atom stereocenters. The molecule has 0 saturated carbocycles. The van der Waals surface area contributed by atoms with Crippen molar-refractivity contribution in [2.45, 2.75) is 37.3 Å². The van der Waals surface area contributed by atoms with Crippen molar-refractivity contribution in [1.29, 1.82) is 0 Å². The summed E-state index contributed by atoms with van der Waals surface area (Å²) >= 11 is 6.15. The van der Waals surface area contributed by atoms with Gasteiger partial charge in [0.05, 0.1) is 11.9 Å². The van der Waals surface area contributed by atoms with Gasteiger partial charge in [-0.3, -0.25) is 0 Å². The highest BCUT2D eigenvalue weighted by atomic mass is 35.5. The molecule has 2 atom stereocenters. The van der Waals surface area contributed by atoms with Gasteiger partial charge in [-0.05, 0) is 56.3 Å². The summed E-state index contributed by atoms with van der Waals surface area (Å²) in [6, 6.07) is 2.19. The van der Waals surface area contributed by atoms with Crippen molar-refractivity contribution in [1.82, 2.24) is 5.32 Å². The van der Waals surface area contributed by atoms with Crippen LogP contribution in [0.25, 0.3) is 0 Å². The minimum absolute atomic E-state index is 0.00643. The van der Waals surface area contributed by atoms with Gasteiger partial charge >= 0.3 is 0 Å². The second-order valence-electron chi connectivity index (χ2n) is 5.81. The first-order valence-electron chi connectivity index (χ1n) is 7.36. The molecule has 2 saturated heterocycles. The largest absolute Gasteiger partial charge is 0.453 e. The van der Waals surface area contributed by atoms with Crippen LogP contribution in [-0.2, 0) is 9.47 Å². The molecule has 0 amide bonds. The van der Waals surface area contributed by atoms with Crippen LogP contribution in [0.15, 0.2) is 16.7 Å². The van der Waals surface area contributed by atoms with E-state index < -0.39 is 0 Å². The molecule has 1 N–H and O–H groups in total. The minimum atomic E-state index is 0.00643. The average Bonchev–Trinajstić information content (AvgIpc) is 2.87. The number of halogens is 1. The summed E-state index contributed by atoms with van der Waals surface area (Å²) in [6.07, 6.45) is 5.77. The monoisotopic (exact) mass is 299 g/mol. The molecule has 5 heteroatoms. The van der Waals surface area contributed by atoms with Crippen molar-refractivity contribution in [3.05, 3.63) is 23.1 Å². The lowest BCUT2D eigenvalue weighted by Gasteiger charge is -2.45. The van der Waals surface area contributed by atoms with Crippen LogP contribution in [0.4, 0.5) is 0 Å². The van der Waals surface area contributed by atoms with E-state index in [2.05, 4.69) is 5.32 Å². The summed E-state index contributed by atoms with van der Waals surface area (Å²) in [4.78, 5) is 0. The standard InChI is InChI=1S/C15H22ClNO3/c1-17-13(12-3-6-19-14(12)16)11-2-7-20-15(10-11)4-8-18-9-5-15/h3,6,11,13,17H,2,4-5,7-10H2,1H3. The molecule has 4 nitrogen and oxygen atoms in total. The summed E-state index contributed by atoms with van der Waals surface area (Å²) in [5.41, 5.74) is 1.07. The van der Waals surface area contributed by atoms with Gasteiger partial charge in [0.1, 0.15) is 0 Å². The molecule has 0 bridgehead atoms. The third-order valence-electron chi connectivity index (χ3n) is 4.70. The van der Waals surface area contributed by atoms with Crippen LogP contribution >= 0.6 is 11.6 Å². The maximum atomic E-state index is 6.15. The van der Waals surface area contributed by atoms with E-state index in [-0.39, 0.29) is 11.6 Å². The van der Waals surface area contributed by atoms with Crippen LogP contribution < -0.4 is 5.32 Å². The third kappa shape index (κ3) is 2.75. The molecule has 0 radical (unpaired) electrons. The number of rotatable bonds is 3. The van der Waals surface area contributed by atoms with Crippen molar-refractivity contribution in [2.75, 3.05) is 26.9 Å². The van der Waals surface area contributed by atoms with Gasteiger partial charge in [0.2, 0.25) is 0 Å². The molecular formula is C15H22ClNO3. The normalized spacial score (nSPS) is 27.6. The predicted octanol–water partition coefficient (Wildman–Crippen LogP) is 3.17. The summed E-state index contributed by atoms with van der Waals surface area (Å²) in [7, 11) is 1.99. The van der Waals surface area contributed by atoms with E-state index in [9.17, 15) is 0 Å². The van der Waals surface area contributed by atoms with Gasteiger partial charge in [0.15, 0.2) is 5.22 Å². The summed E-state index contributed by atoms with van der Waals surface area (Å²) in [5.74, 6) is 0.516. The Hall–Kier alpha value is -0.550. The Kier molecular flexibility index (Phi) is 4.36. The van der Waals surface area contributed by atoms with Crippen molar-refractivity contribution in [3.63, 3.8) is 0 Å². The number of ether oxygens (including phenoxy) is 2. The van der Waals surface area contributed by atoms with Crippen LogP contribution in [0, 0.1) is 5.92 Å². The number of nitrogens with one attached hydrogen (secondary N) is 1. The topological polar surface area (TPSA) is 43.6 Å². The Labute approximate surface area is 124 Å². The minimum Gasteiger partial charge on any atom is -0.453 e. The van der Waals surface area contributed by atoms with Crippen molar-refractivity contribution in [2.24, 2.45) is 5.92 Å². The molecule has 3 heterocycles. The maximum Gasteiger partial charge on any atom is 0.197 e. The molecule has 0 aromatic carbocycles. The van der Waals surface area contributed by atoms with Gasteiger partial charge in [0, 0.05) is 31.4 Å². The van der Waals surface area contributed by atoms with Gasteiger partial charge in [-0.1, -0.05) is 0 Å². The molecule has 1 spiro atoms. The first kappa shape index (κ1) is 14.4. The van der Waals surface area contributed by atoms with E-state index in [0.29, 0.717) is 11.1 Å². The van der Waals surface area contributed by atoms with Crippen LogP contribution in [0.1, 0.15) is 37.3 Å². The molecule has 20 heavy (non-hydrogen) atoms. The van der Waals surface area contributed by atoms with E-state index in [0.717, 1.165) is 51.1 Å². The second-order valence-corrected chi connectivity index (χ2v) is 6.16. The maximum absolute atomic E-state index is 6.15. The lowest BCUT2D eigenvalue weighted by Crippen LogP contribution is -2.46. The zero-order valence-corrected chi connectivity index (χ0v) is 12.6. The van der Waals surface area contributed by atoms with Crippen LogP contribution in [0.2, 0.25) is 5.22 Å². The van der Waals surface area contributed by atoms with Crippen molar-refractivity contribution in [3.8, 4) is 0 Å². The lowest BCUT2D eigenvalue weighted by molar-refractivity contribution is -0.150. The first-order valence-corrected chi connectivity index (χ1v) is 7.74. The molecule has 2 fully saturated rings. The molecule has 1 aromatic rings. The van der Waals surface area contributed by atoms with Gasteiger partial charge in [-0.25, -0.2) is 0 Å². The Morgan fingerprint density at radius 3 is 2.80 bits per heavy atom. The van der Waals surface area contributed by atoms with Gasteiger partial charge in [-0.15, -0.1) is 0 Å². The van der Waals surface area contributed by atoms with Gasteiger partial charge in [0.25, 0.3) is 0 Å². The first-order chi connectivity index (χ1) is 9.74. The Morgan fingerprint density at radius 1 is 1.35 bits per heavy atom. The molecule has 1 aromatic heterocycles. The van der Waals surface area contributed by atoms with E-state index >= 15 is 0 Å². The van der Waals surface area contributed by atoms with Crippen LogP contribution in [-0.4, -0.2) is 32.5 Å². The zero-order chi connectivity index (χ0) is 14.0. The number of hydrogen-bond acceptors (Lipinski definition) is 4. The lowest BCUT2D eigenvalue weighted by atomic mass is 9.76. The Balaban J connectivity index is 1.76. The van der Waals surface area contributed by atoms with Crippen molar-refractivity contribution >= 4 is 11.6 Å². The zero-order valence-electron chi connectivity index (χ0n) is 11.9. The van der Waals surface area contributed by atoms with Gasteiger partial charge < -0.3 is 19.2 Å². The fourth-order valence-electron chi connectivity index (χ4n) is 3.61. The highest BCUT2D eigenvalue weighted by Gasteiger charge is 2.41. The quantitative estimate of drug-likeness (QED) is 0.931. The van der Waals surface area contributed by atoms with Gasteiger partial charge in [-0.2, -0.15) is 0 Å². The Morgan fingerprint density at radius 2 is 2.15 bits per heavy atom. The molecule has 2 aliphatic heterocycles. The average molecular weight is 300 g/mol. The summed E-state index contributed by atoms with van der Waals surface area (Å²) in [6.45, 7) is 2.44. The molecule has 3 rings (SSSR count). The summed E-state index contributed by atoms with van der Waals surface area (Å²) in [5, 5.41) is 3.90. The van der Waals surface area contributed by atoms with Crippen molar-refractivity contribution < 1.29 is 13.9 Å². The number of hydrogen-bond donors (Lipinski definition) is 1. The number of furan rings is 1. The smallest absolute Gasteiger partial charge is 0.197 e. The Bertz CT molecular complexity index is 437. The molecule has 112 valence electrons. The molecule has 0 aliphatic carbocycles. The SMILES string of the molecule is CNC(c1ccoc1Cl)C1CCOC2(CCOCC2)C1. The summed E-state index contributed by atoms with van der Waals surface area (Å²) < 4.78 is 16.8. The third-order valence-corrected chi connectivity index (χ3v) is 5.01. The van der Waals surface area contributed by atoms with E-state index in [1.165, 1.54) is 0 Å². The van der Waals surface area contributed by atoms with Crippen LogP contribution in [0.5, 0.6) is 0 Å². The predicted molar refractivity (Wildman–Crippen MR) is 77.0 cm³/mol. The fourth-order valence-corrected chi connectivity index (χ4v) is 3.85. The fraction of sp³-hybridized carbons (Fsp3) is 0.733. The van der Waals surface area contributed by atoms with E-state index in [1.54, 1.807) is 6.26 Å².